The third-order valence-corrected chi connectivity index (χ3v) is 4.12. The minimum absolute atomic E-state index is 0.216. The lowest BCUT2D eigenvalue weighted by atomic mass is 10.2. The van der Waals surface area contributed by atoms with Crippen LogP contribution in [0.25, 0.3) is 0 Å². The zero-order valence-corrected chi connectivity index (χ0v) is 17.7. The van der Waals surface area contributed by atoms with Crippen molar-refractivity contribution in [1.29, 1.82) is 0 Å². The molecule has 2 aromatic rings. The zero-order valence-electron chi connectivity index (χ0n) is 17.7. The molecular formula is C22H26N2O7. The van der Waals surface area contributed by atoms with Crippen molar-refractivity contribution in [2.45, 2.75) is 13.3 Å². The van der Waals surface area contributed by atoms with Gasteiger partial charge in [-0.3, -0.25) is 9.59 Å². The summed E-state index contributed by atoms with van der Waals surface area (Å²) in [4.78, 5) is 35.7. The highest BCUT2D eigenvalue weighted by atomic mass is 16.7. The molecule has 166 valence electrons. The Morgan fingerprint density at radius 1 is 0.774 bits per heavy atom. The van der Waals surface area contributed by atoms with Gasteiger partial charge in [-0.2, -0.15) is 0 Å². The second-order valence-electron chi connectivity index (χ2n) is 6.28. The summed E-state index contributed by atoms with van der Waals surface area (Å²) < 4.78 is 19.9. The predicted octanol–water partition coefficient (Wildman–Crippen LogP) is 2.79. The normalized spacial score (nSPS) is 10.0. The molecule has 0 fully saturated rings. The van der Waals surface area contributed by atoms with Crippen LogP contribution in [0.15, 0.2) is 42.5 Å². The molecule has 0 aliphatic carbocycles. The summed E-state index contributed by atoms with van der Waals surface area (Å²) >= 11 is 0. The van der Waals surface area contributed by atoms with Gasteiger partial charge in [0.1, 0.15) is 17.2 Å². The van der Waals surface area contributed by atoms with Crippen LogP contribution >= 0.6 is 0 Å². The molecule has 2 rings (SSSR count). The van der Waals surface area contributed by atoms with Gasteiger partial charge in [0.15, 0.2) is 0 Å². The fourth-order valence-electron chi connectivity index (χ4n) is 2.55. The van der Waals surface area contributed by atoms with Crippen LogP contribution in [0.5, 0.6) is 17.2 Å². The van der Waals surface area contributed by atoms with Gasteiger partial charge in [-0.05, 0) is 49.7 Å². The van der Waals surface area contributed by atoms with Gasteiger partial charge >= 0.3 is 6.16 Å². The van der Waals surface area contributed by atoms with Crippen molar-refractivity contribution in [3.63, 3.8) is 0 Å². The molecule has 0 aliphatic heterocycles. The number of hydrogen-bond donors (Lipinski definition) is 2. The fourth-order valence-corrected chi connectivity index (χ4v) is 2.55. The molecule has 0 saturated heterocycles. The highest BCUT2D eigenvalue weighted by molar-refractivity contribution is 5.95. The maximum absolute atomic E-state index is 12.3. The number of carbonyl (C=O) groups is 3. The third kappa shape index (κ3) is 7.54. The molecule has 0 aliphatic rings. The maximum Gasteiger partial charge on any atom is 0.513 e. The Morgan fingerprint density at radius 3 is 1.84 bits per heavy atom. The molecule has 2 N–H and O–H groups in total. The first kappa shape index (κ1) is 23.5. The number of benzene rings is 2. The first-order chi connectivity index (χ1) is 15.0. The summed E-state index contributed by atoms with van der Waals surface area (Å²) in [6.45, 7) is 2.65. The monoisotopic (exact) mass is 430 g/mol. The number of rotatable bonds is 10. The predicted molar refractivity (Wildman–Crippen MR) is 113 cm³/mol. The van der Waals surface area contributed by atoms with E-state index in [1.54, 1.807) is 37.3 Å². The van der Waals surface area contributed by atoms with Gasteiger partial charge in [-0.15, -0.1) is 0 Å². The number of carbonyl (C=O) groups excluding carboxylic acids is 3. The standard InChI is InChI=1S/C22H26N2O7/c1-4-30-22(27)31-17-8-6-15(7-9-17)20(25)23-10-5-11-24-21(26)16-12-18(28-2)14-19(13-16)29-3/h6-9,12-14H,4-5,10-11H2,1-3H3,(H,23,25)(H,24,26). The Morgan fingerprint density at radius 2 is 1.32 bits per heavy atom. The van der Waals surface area contributed by atoms with Crippen LogP contribution in [0.2, 0.25) is 0 Å². The van der Waals surface area contributed by atoms with Crippen molar-refractivity contribution >= 4 is 18.0 Å². The molecular weight excluding hydrogens is 404 g/mol. The van der Waals surface area contributed by atoms with E-state index in [0.29, 0.717) is 42.1 Å². The SMILES string of the molecule is CCOC(=O)Oc1ccc(C(=O)NCCCNC(=O)c2cc(OC)cc(OC)c2)cc1. The van der Waals surface area contributed by atoms with E-state index in [4.69, 9.17) is 14.2 Å². The number of methoxy groups -OCH3 is 2. The van der Waals surface area contributed by atoms with Crippen LogP contribution in [-0.4, -0.2) is 51.9 Å². The van der Waals surface area contributed by atoms with Gasteiger partial charge in [0.05, 0.1) is 20.8 Å². The molecule has 0 atom stereocenters. The van der Waals surface area contributed by atoms with Crippen LogP contribution in [0.1, 0.15) is 34.1 Å². The molecule has 0 aromatic heterocycles. The van der Waals surface area contributed by atoms with Crippen LogP contribution in [-0.2, 0) is 4.74 Å². The summed E-state index contributed by atoms with van der Waals surface area (Å²) in [5.41, 5.74) is 0.842. The number of amides is 2. The van der Waals surface area contributed by atoms with E-state index in [0.717, 1.165) is 0 Å². The maximum atomic E-state index is 12.3. The van der Waals surface area contributed by atoms with Gasteiger partial charge < -0.3 is 29.6 Å². The van der Waals surface area contributed by atoms with Crippen molar-refractivity contribution < 1.29 is 33.3 Å². The molecule has 31 heavy (non-hydrogen) atoms. The molecule has 0 heterocycles. The molecule has 9 heteroatoms. The molecule has 0 spiro atoms. The van der Waals surface area contributed by atoms with E-state index in [9.17, 15) is 14.4 Å². The molecule has 0 saturated carbocycles. The molecule has 0 radical (unpaired) electrons. The topological polar surface area (TPSA) is 112 Å². The quantitative estimate of drug-likeness (QED) is 0.339. The van der Waals surface area contributed by atoms with E-state index >= 15 is 0 Å². The molecule has 2 aromatic carbocycles. The Kier molecular flexibility index (Phi) is 9.15. The largest absolute Gasteiger partial charge is 0.513 e. The van der Waals surface area contributed by atoms with E-state index in [2.05, 4.69) is 15.4 Å². The van der Waals surface area contributed by atoms with Crippen molar-refractivity contribution in [3.8, 4) is 17.2 Å². The lowest BCUT2D eigenvalue weighted by Gasteiger charge is -2.10. The first-order valence-corrected chi connectivity index (χ1v) is 9.71. The summed E-state index contributed by atoms with van der Waals surface area (Å²) in [5, 5.41) is 5.56. The smallest absolute Gasteiger partial charge is 0.497 e. The van der Waals surface area contributed by atoms with Crippen LogP contribution in [0, 0.1) is 0 Å². The summed E-state index contributed by atoms with van der Waals surface area (Å²) in [7, 11) is 3.03. The second-order valence-corrected chi connectivity index (χ2v) is 6.28. The van der Waals surface area contributed by atoms with Crippen molar-refractivity contribution in [1.82, 2.24) is 10.6 Å². The van der Waals surface area contributed by atoms with Gasteiger partial charge in [0, 0.05) is 30.3 Å². The van der Waals surface area contributed by atoms with Crippen LogP contribution in [0.3, 0.4) is 0 Å². The van der Waals surface area contributed by atoms with Gasteiger partial charge in [-0.1, -0.05) is 0 Å². The minimum atomic E-state index is -0.797. The lowest BCUT2D eigenvalue weighted by Crippen LogP contribution is -2.29. The van der Waals surface area contributed by atoms with Crippen molar-refractivity contribution in [2.75, 3.05) is 33.9 Å². The van der Waals surface area contributed by atoms with Gasteiger partial charge in [0.2, 0.25) is 0 Å². The number of ether oxygens (including phenoxy) is 4. The van der Waals surface area contributed by atoms with Crippen LogP contribution < -0.4 is 24.8 Å². The average Bonchev–Trinajstić information content (AvgIpc) is 2.78. The number of nitrogens with one attached hydrogen (secondary N) is 2. The summed E-state index contributed by atoms with van der Waals surface area (Å²) in [5.74, 6) is 0.796. The van der Waals surface area contributed by atoms with E-state index in [-0.39, 0.29) is 24.2 Å². The molecule has 2 amide bonds. The van der Waals surface area contributed by atoms with E-state index < -0.39 is 6.16 Å². The fraction of sp³-hybridized carbons (Fsp3) is 0.318. The van der Waals surface area contributed by atoms with Crippen molar-refractivity contribution in [2.24, 2.45) is 0 Å². The minimum Gasteiger partial charge on any atom is -0.497 e. The molecule has 0 unspecified atom stereocenters. The Hall–Kier alpha value is -3.75. The molecule has 0 bridgehead atoms. The number of hydrogen-bond acceptors (Lipinski definition) is 7. The highest BCUT2D eigenvalue weighted by Crippen LogP contribution is 2.22. The van der Waals surface area contributed by atoms with E-state index in [1.165, 1.54) is 26.4 Å². The zero-order chi connectivity index (χ0) is 22.6. The Bertz CT molecular complexity index is 875. The van der Waals surface area contributed by atoms with E-state index in [1.807, 2.05) is 0 Å². The Balaban J connectivity index is 1.74. The Labute approximate surface area is 180 Å². The van der Waals surface area contributed by atoms with Gasteiger partial charge in [0.25, 0.3) is 11.8 Å². The summed E-state index contributed by atoms with van der Waals surface area (Å²) in [6.07, 6.45) is -0.253. The van der Waals surface area contributed by atoms with Gasteiger partial charge in [-0.25, -0.2) is 4.79 Å². The molecule has 9 nitrogen and oxygen atoms in total. The third-order valence-electron chi connectivity index (χ3n) is 4.12. The average molecular weight is 430 g/mol. The first-order valence-electron chi connectivity index (χ1n) is 9.71. The highest BCUT2D eigenvalue weighted by Gasteiger charge is 2.10. The lowest BCUT2D eigenvalue weighted by molar-refractivity contribution is 0.0950. The second kappa shape index (κ2) is 12.1. The van der Waals surface area contributed by atoms with Crippen LogP contribution in [0.4, 0.5) is 4.79 Å². The summed E-state index contributed by atoms with van der Waals surface area (Å²) in [6, 6.07) is 11.0. The van der Waals surface area contributed by atoms with Crippen molar-refractivity contribution in [3.05, 3.63) is 53.6 Å².